The minimum atomic E-state index is -0.696. The van der Waals surface area contributed by atoms with E-state index in [1.54, 1.807) is 0 Å². The van der Waals surface area contributed by atoms with Crippen molar-refractivity contribution in [3.63, 3.8) is 0 Å². The maximum atomic E-state index is 13.0. The molecule has 2 atom stereocenters. The summed E-state index contributed by atoms with van der Waals surface area (Å²) >= 11 is 0. The van der Waals surface area contributed by atoms with E-state index in [-0.39, 0.29) is 18.0 Å². The first kappa shape index (κ1) is 18.5. The molecule has 0 aromatic heterocycles. The van der Waals surface area contributed by atoms with Crippen LogP contribution in [0.3, 0.4) is 0 Å². The molecule has 0 unspecified atom stereocenters. The zero-order valence-corrected chi connectivity index (χ0v) is 14.9. The minimum absolute atomic E-state index is 0.186. The highest BCUT2D eigenvalue weighted by molar-refractivity contribution is 5.92. The normalized spacial score (nSPS) is 23.1. The lowest BCUT2D eigenvalue weighted by molar-refractivity contribution is -0.140. The molecule has 1 aliphatic heterocycles. The lowest BCUT2D eigenvalue weighted by Gasteiger charge is -2.35. The Morgan fingerprint density at radius 3 is 2.25 bits per heavy atom. The summed E-state index contributed by atoms with van der Waals surface area (Å²) in [6.45, 7) is 6.22. The van der Waals surface area contributed by atoms with Gasteiger partial charge in [0, 0.05) is 12.6 Å². The van der Waals surface area contributed by atoms with Crippen molar-refractivity contribution < 1.29 is 14.4 Å². The molecule has 0 bridgehead atoms. The molecule has 1 aliphatic carbocycles. The highest BCUT2D eigenvalue weighted by atomic mass is 16.2. The average molecular weight is 338 g/mol. The van der Waals surface area contributed by atoms with Gasteiger partial charge in [0.05, 0.1) is 0 Å². The van der Waals surface area contributed by atoms with E-state index in [9.17, 15) is 14.4 Å². The largest absolute Gasteiger partial charge is 0.368 e. The highest BCUT2D eigenvalue weighted by Crippen LogP contribution is 2.26. The van der Waals surface area contributed by atoms with Crippen molar-refractivity contribution in [3.8, 4) is 0 Å². The Kier molecular flexibility index (Phi) is 5.72. The molecule has 136 valence electrons. The zero-order chi connectivity index (χ0) is 17.9. The lowest BCUT2D eigenvalue weighted by Crippen LogP contribution is -2.59. The number of amides is 4. The van der Waals surface area contributed by atoms with Crippen molar-refractivity contribution >= 4 is 17.8 Å². The molecule has 4 amide bonds. The third-order valence-corrected chi connectivity index (χ3v) is 4.94. The van der Waals surface area contributed by atoms with E-state index in [2.05, 4.69) is 10.6 Å². The molecule has 1 saturated carbocycles. The summed E-state index contributed by atoms with van der Waals surface area (Å²) in [5.74, 6) is -0.714. The Hall–Kier alpha value is -1.79. The molecule has 4 N–H and O–H groups in total. The van der Waals surface area contributed by atoms with Crippen LogP contribution in [0, 0.1) is 5.41 Å². The molecular weight excluding hydrogens is 308 g/mol. The van der Waals surface area contributed by atoms with Gasteiger partial charge in [-0.1, -0.05) is 33.6 Å². The third kappa shape index (κ3) is 4.39. The van der Waals surface area contributed by atoms with Crippen molar-refractivity contribution in [1.29, 1.82) is 0 Å². The molecule has 7 nitrogen and oxygen atoms in total. The molecule has 0 aromatic rings. The van der Waals surface area contributed by atoms with Crippen LogP contribution >= 0.6 is 0 Å². The Morgan fingerprint density at radius 2 is 1.71 bits per heavy atom. The van der Waals surface area contributed by atoms with Gasteiger partial charge in [-0.15, -0.1) is 0 Å². The van der Waals surface area contributed by atoms with Gasteiger partial charge in [0.1, 0.15) is 12.1 Å². The molecular formula is C17H30N4O3. The van der Waals surface area contributed by atoms with Crippen LogP contribution < -0.4 is 16.4 Å². The van der Waals surface area contributed by atoms with E-state index in [0.29, 0.717) is 13.0 Å². The quantitative estimate of drug-likeness (QED) is 0.715. The third-order valence-electron chi connectivity index (χ3n) is 4.94. The van der Waals surface area contributed by atoms with Gasteiger partial charge < -0.3 is 21.3 Å². The molecule has 0 spiro atoms. The van der Waals surface area contributed by atoms with E-state index < -0.39 is 23.4 Å². The molecule has 2 aliphatic rings. The summed E-state index contributed by atoms with van der Waals surface area (Å²) in [4.78, 5) is 38.4. The SMILES string of the molecule is CC(C)(C)[C@H](NC(=O)NC1CCCC1)C(=O)N1CCC[C@H]1C(N)=O. The van der Waals surface area contributed by atoms with Crippen molar-refractivity contribution in [3.05, 3.63) is 0 Å². The fourth-order valence-electron chi connectivity index (χ4n) is 3.57. The second-order valence-electron chi connectivity index (χ2n) is 7.99. The molecule has 2 fully saturated rings. The van der Waals surface area contributed by atoms with Crippen molar-refractivity contribution in [2.75, 3.05) is 6.54 Å². The van der Waals surface area contributed by atoms with Crippen LogP contribution in [0.25, 0.3) is 0 Å². The maximum absolute atomic E-state index is 13.0. The van der Waals surface area contributed by atoms with Crippen molar-refractivity contribution in [2.24, 2.45) is 11.1 Å². The molecule has 0 radical (unpaired) electrons. The molecule has 1 saturated heterocycles. The smallest absolute Gasteiger partial charge is 0.315 e. The first-order chi connectivity index (χ1) is 11.2. The van der Waals surface area contributed by atoms with Gasteiger partial charge in [-0.05, 0) is 31.1 Å². The molecule has 2 rings (SSSR count). The van der Waals surface area contributed by atoms with Crippen LogP contribution in [0.4, 0.5) is 4.79 Å². The van der Waals surface area contributed by atoms with Crippen molar-refractivity contribution in [2.45, 2.75) is 77.4 Å². The number of hydrogen-bond donors (Lipinski definition) is 3. The summed E-state index contributed by atoms with van der Waals surface area (Å²) in [7, 11) is 0. The van der Waals surface area contributed by atoms with Crippen LogP contribution in [0.1, 0.15) is 59.3 Å². The van der Waals surface area contributed by atoms with Gasteiger partial charge in [0.2, 0.25) is 11.8 Å². The Morgan fingerprint density at radius 1 is 1.08 bits per heavy atom. The fraction of sp³-hybridized carbons (Fsp3) is 0.824. The summed E-state index contributed by atoms with van der Waals surface area (Å²) in [6.07, 6.45) is 5.56. The number of carbonyl (C=O) groups excluding carboxylic acids is 3. The number of primary amides is 1. The fourth-order valence-corrected chi connectivity index (χ4v) is 3.57. The predicted molar refractivity (Wildman–Crippen MR) is 91.1 cm³/mol. The minimum Gasteiger partial charge on any atom is -0.368 e. The summed E-state index contributed by atoms with van der Waals surface area (Å²) in [5, 5.41) is 5.78. The van der Waals surface area contributed by atoms with E-state index in [0.717, 1.165) is 32.1 Å². The predicted octanol–water partition coefficient (Wildman–Crippen LogP) is 1.12. The van der Waals surface area contributed by atoms with Gasteiger partial charge in [-0.3, -0.25) is 9.59 Å². The van der Waals surface area contributed by atoms with Crippen LogP contribution in [0.5, 0.6) is 0 Å². The first-order valence-electron chi connectivity index (χ1n) is 8.87. The van der Waals surface area contributed by atoms with Gasteiger partial charge in [0.25, 0.3) is 0 Å². The number of nitrogens with zero attached hydrogens (tertiary/aromatic N) is 1. The second-order valence-corrected chi connectivity index (χ2v) is 7.99. The van der Waals surface area contributed by atoms with E-state index >= 15 is 0 Å². The van der Waals surface area contributed by atoms with Crippen LogP contribution in [-0.2, 0) is 9.59 Å². The Balaban J connectivity index is 2.05. The number of likely N-dealkylation sites (tertiary alicyclic amines) is 1. The van der Waals surface area contributed by atoms with Crippen LogP contribution in [0.2, 0.25) is 0 Å². The van der Waals surface area contributed by atoms with E-state index in [1.807, 2.05) is 20.8 Å². The molecule has 7 heteroatoms. The van der Waals surface area contributed by atoms with Crippen LogP contribution in [-0.4, -0.2) is 47.4 Å². The van der Waals surface area contributed by atoms with E-state index in [4.69, 9.17) is 5.73 Å². The standard InChI is InChI=1S/C17H30N4O3/c1-17(2,3)13(20-16(24)19-11-7-4-5-8-11)15(23)21-10-6-9-12(21)14(18)22/h11-13H,4-10H2,1-3H3,(H2,18,22)(H2,19,20,24)/t12-,13+/m0/s1. The summed E-state index contributed by atoms with van der Waals surface area (Å²) in [6, 6.07) is -1.39. The van der Waals surface area contributed by atoms with Gasteiger partial charge in [0.15, 0.2) is 0 Å². The monoisotopic (exact) mass is 338 g/mol. The van der Waals surface area contributed by atoms with Gasteiger partial charge in [-0.2, -0.15) is 0 Å². The van der Waals surface area contributed by atoms with E-state index in [1.165, 1.54) is 4.90 Å². The number of hydrogen-bond acceptors (Lipinski definition) is 3. The molecule has 0 aromatic carbocycles. The Labute approximate surface area is 143 Å². The topological polar surface area (TPSA) is 105 Å². The molecule has 1 heterocycles. The summed E-state index contributed by atoms with van der Waals surface area (Å²) < 4.78 is 0. The zero-order valence-electron chi connectivity index (χ0n) is 14.9. The number of rotatable bonds is 4. The van der Waals surface area contributed by atoms with Crippen LogP contribution in [0.15, 0.2) is 0 Å². The van der Waals surface area contributed by atoms with Gasteiger partial charge >= 0.3 is 6.03 Å². The average Bonchev–Trinajstić information content (AvgIpc) is 3.13. The second kappa shape index (κ2) is 7.40. The lowest BCUT2D eigenvalue weighted by atomic mass is 9.85. The van der Waals surface area contributed by atoms with Crippen molar-refractivity contribution in [1.82, 2.24) is 15.5 Å². The maximum Gasteiger partial charge on any atom is 0.315 e. The summed E-state index contributed by atoms with van der Waals surface area (Å²) in [5.41, 5.74) is 4.95. The Bertz CT molecular complexity index is 495. The number of nitrogens with two attached hydrogens (primary N) is 1. The molecule has 24 heavy (non-hydrogen) atoms. The van der Waals surface area contributed by atoms with Gasteiger partial charge in [-0.25, -0.2) is 4.79 Å². The number of carbonyl (C=O) groups is 3. The first-order valence-corrected chi connectivity index (χ1v) is 8.87. The number of urea groups is 1. The highest BCUT2D eigenvalue weighted by Gasteiger charge is 2.41. The number of nitrogens with one attached hydrogen (secondary N) is 2.